The highest BCUT2D eigenvalue weighted by Gasteiger charge is 2.24. The summed E-state index contributed by atoms with van der Waals surface area (Å²) in [6.07, 6.45) is 1.30. The predicted molar refractivity (Wildman–Crippen MR) is 72.4 cm³/mol. The number of alkyl halides is 1. The average Bonchev–Trinajstić information content (AvgIpc) is 2.79. The Bertz CT molecular complexity index is 497. The van der Waals surface area contributed by atoms with Crippen LogP contribution in [-0.4, -0.2) is 23.6 Å². The van der Waals surface area contributed by atoms with E-state index in [-0.39, 0.29) is 11.7 Å². The Hall–Kier alpha value is -1.35. The van der Waals surface area contributed by atoms with Gasteiger partial charge < -0.3 is 4.90 Å². The van der Waals surface area contributed by atoms with E-state index in [9.17, 15) is 9.59 Å². The van der Waals surface area contributed by atoms with Crippen LogP contribution in [0, 0.1) is 0 Å². The van der Waals surface area contributed by atoms with E-state index < -0.39 is 5.38 Å². The van der Waals surface area contributed by atoms with Crippen molar-refractivity contribution in [1.29, 1.82) is 0 Å². The molecule has 1 unspecified atom stereocenters. The van der Waals surface area contributed by atoms with Gasteiger partial charge in [-0.25, -0.2) is 0 Å². The van der Waals surface area contributed by atoms with Crippen LogP contribution in [0.2, 0.25) is 0 Å². The smallest absolute Gasteiger partial charge is 0.226 e. The van der Waals surface area contributed by atoms with Crippen molar-refractivity contribution in [3.05, 3.63) is 29.3 Å². The van der Waals surface area contributed by atoms with Crippen molar-refractivity contribution in [3.63, 3.8) is 0 Å². The second-order valence-electron chi connectivity index (χ2n) is 4.47. The SMILES string of the molecule is CCC(=O)N1CCc2cc(C(=O)C(C)Cl)ccc21. The molecule has 0 saturated carbocycles. The highest BCUT2D eigenvalue weighted by atomic mass is 35.5. The number of hydrogen-bond acceptors (Lipinski definition) is 2. The highest BCUT2D eigenvalue weighted by molar-refractivity contribution is 6.33. The Morgan fingerprint density at radius 1 is 1.44 bits per heavy atom. The number of benzene rings is 1. The van der Waals surface area contributed by atoms with E-state index in [1.807, 2.05) is 19.1 Å². The maximum atomic E-state index is 11.8. The summed E-state index contributed by atoms with van der Waals surface area (Å²) in [4.78, 5) is 25.3. The molecule has 0 saturated heterocycles. The zero-order valence-electron chi connectivity index (χ0n) is 10.6. The maximum absolute atomic E-state index is 11.8. The summed E-state index contributed by atoms with van der Waals surface area (Å²) < 4.78 is 0. The fraction of sp³-hybridized carbons (Fsp3) is 0.429. The van der Waals surface area contributed by atoms with Crippen LogP contribution in [0.5, 0.6) is 0 Å². The van der Waals surface area contributed by atoms with E-state index in [1.165, 1.54) is 0 Å². The topological polar surface area (TPSA) is 37.4 Å². The number of fused-ring (bicyclic) bond motifs is 1. The third-order valence-electron chi connectivity index (χ3n) is 3.22. The Kier molecular flexibility index (Phi) is 3.71. The number of amides is 1. The highest BCUT2D eigenvalue weighted by Crippen LogP contribution is 2.29. The first kappa shape index (κ1) is 13.1. The van der Waals surface area contributed by atoms with Crippen LogP contribution in [0.1, 0.15) is 36.2 Å². The molecule has 1 heterocycles. The van der Waals surface area contributed by atoms with Crippen LogP contribution in [0.15, 0.2) is 18.2 Å². The van der Waals surface area contributed by atoms with Crippen LogP contribution in [0.25, 0.3) is 0 Å². The summed E-state index contributed by atoms with van der Waals surface area (Å²) in [5, 5.41) is -0.516. The van der Waals surface area contributed by atoms with Gasteiger partial charge >= 0.3 is 0 Å². The lowest BCUT2D eigenvalue weighted by atomic mass is 10.0. The van der Waals surface area contributed by atoms with Crippen molar-refractivity contribution in [2.24, 2.45) is 0 Å². The fourth-order valence-electron chi connectivity index (χ4n) is 2.23. The molecule has 1 aliphatic heterocycles. The molecular weight excluding hydrogens is 250 g/mol. The van der Waals surface area contributed by atoms with Crippen LogP contribution >= 0.6 is 11.6 Å². The van der Waals surface area contributed by atoms with E-state index in [4.69, 9.17) is 11.6 Å². The third-order valence-corrected chi connectivity index (χ3v) is 3.42. The van der Waals surface area contributed by atoms with Gasteiger partial charge in [0.25, 0.3) is 0 Å². The monoisotopic (exact) mass is 265 g/mol. The summed E-state index contributed by atoms with van der Waals surface area (Å²) >= 11 is 5.80. The lowest BCUT2D eigenvalue weighted by Gasteiger charge is -2.16. The second-order valence-corrected chi connectivity index (χ2v) is 5.13. The molecule has 18 heavy (non-hydrogen) atoms. The quantitative estimate of drug-likeness (QED) is 0.623. The van der Waals surface area contributed by atoms with Crippen LogP contribution in [0.4, 0.5) is 5.69 Å². The summed E-state index contributed by atoms with van der Waals surface area (Å²) in [6.45, 7) is 4.23. The molecule has 1 amide bonds. The third kappa shape index (κ3) is 2.27. The first-order chi connectivity index (χ1) is 8.54. The molecule has 0 radical (unpaired) electrons. The molecule has 0 aromatic heterocycles. The van der Waals surface area contributed by atoms with Crippen molar-refractivity contribution < 1.29 is 9.59 Å². The number of ketones is 1. The van der Waals surface area contributed by atoms with Crippen molar-refractivity contribution in [3.8, 4) is 0 Å². The Morgan fingerprint density at radius 2 is 2.17 bits per heavy atom. The van der Waals surface area contributed by atoms with Crippen LogP contribution in [-0.2, 0) is 11.2 Å². The molecule has 0 bridgehead atoms. The number of hydrogen-bond donors (Lipinski definition) is 0. The molecule has 4 heteroatoms. The van der Waals surface area contributed by atoms with Gasteiger partial charge in [-0.3, -0.25) is 9.59 Å². The largest absolute Gasteiger partial charge is 0.312 e. The molecule has 0 N–H and O–H groups in total. The minimum absolute atomic E-state index is 0.0697. The summed E-state index contributed by atoms with van der Waals surface area (Å²) in [6, 6.07) is 5.46. The van der Waals surface area contributed by atoms with Gasteiger partial charge in [-0.05, 0) is 37.1 Å². The second kappa shape index (κ2) is 5.11. The number of anilines is 1. The minimum atomic E-state index is -0.516. The van der Waals surface area contributed by atoms with E-state index in [2.05, 4.69) is 0 Å². The van der Waals surface area contributed by atoms with Gasteiger partial charge in [0.1, 0.15) is 0 Å². The van der Waals surface area contributed by atoms with Crippen LogP contribution in [0.3, 0.4) is 0 Å². The molecule has 1 atom stereocenters. The molecule has 1 aromatic carbocycles. The zero-order chi connectivity index (χ0) is 13.3. The summed E-state index contributed by atoms with van der Waals surface area (Å²) in [7, 11) is 0. The van der Waals surface area contributed by atoms with Gasteiger partial charge in [-0.1, -0.05) is 6.92 Å². The van der Waals surface area contributed by atoms with E-state index in [0.717, 1.165) is 17.7 Å². The number of carbonyl (C=O) groups excluding carboxylic acids is 2. The predicted octanol–water partition coefficient (Wildman–Crippen LogP) is 2.80. The zero-order valence-corrected chi connectivity index (χ0v) is 11.3. The number of nitrogens with zero attached hydrogens (tertiary/aromatic N) is 1. The van der Waals surface area contributed by atoms with E-state index in [0.29, 0.717) is 18.5 Å². The number of halogens is 1. The number of rotatable bonds is 3. The Labute approximate surface area is 112 Å². The molecule has 3 nitrogen and oxygen atoms in total. The minimum Gasteiger partial charge on any atom is -0.312 e. The standard InChI is InChI=1S/C14H16ClNO2/c1-3-13(17)16-7-6-10-8-11(4-5-12(10)16)14(18)9(2)15/h4-5,8-9H,3,6-7H2,1-2H3. The Morgan fingerprint density at radius 3 is 2.78 bits per heavy atom. The lowest BCUT2D eigenvalue weighted by Crippen LogP contribution is -2.27. The maximum Gasteiger partial charge on any atom is 0.226 e. The van der Waals surface area contributed by atoms with Crippen LogP contribution < -0.4 is 4.90 Å². The molecule has 0 fully saturated rings. The van der Waals surface area contributed by atoms with Gasteiger partial charge in [-0.15, -0.1) is 11.6 Å². The number of Topliss-reactive ketones (excluding diaryl/α,β-unsaturated/α-hetero) is 1. The Balaban J connectivity index is 2.31. The van der Waals surface area contributed by atoms with Crippen molar-refractivity contribution in [2.45, 2.75) is 32.1 Å². The molecule has 1 aliphatic rings. The van der Waals surface area contributed by atoms with Gasteiger partial charge in [0, 0.05) is 24.2 Å². The molecular formula is C14H16ClNO2. The average molecular weight is 266 g/mol. The normalized spacial score (nSPS) is 15.4. The molecule has 0 spiro atoms. The first-order valence-electron chi connectivity index (χ1n) is 6.16. The number of carbonyl (C=O) groups is 2. The van der Waals surface area contributed by atoms with Gasteiger partial charge in [0.2, 0.25) is 5.91 Å². The molecule has 2 rings (SSSR count). The molecule has 96 valence electrons. The molecule has 0 aliphatic carbocycles. The van der Waals surface area contributed by atoms with Gasteiger partial charge in [0.15, 0.2) is 5.78 Å². The lowest BCUT2D eigenvalue weighted by molar-refractivity contribution is -0.118. The van der Waals surface area contributed by atoms with Gasteiger partial charge in [0.05, 0.1) is 5.38 Å². The fourth-order valence-corrected chi connectivity index (χ4v) is 2.36. The van der Waals surface area contributed by atoms with E-state index in [1.54, 1.807) is 17.9 Å². The van der Waals surface area contributed by atoms with Crippen molar-refractivity contribution in [1.82, 2.24) is 0 Å². The van der Waals surface area contributed by atoms with E-state index >= 15 is 0 Å². The van der Waals surface area contributed by atoms with Crippen molar-refractivity contribution >= 4 is 29.0 Å². The van der Waals surface area contributed by atoms with Gasteiger partial charge in [-0.2, -0.15) is 0 Å². The first-order valence-corrected chi connectivity index (χ1v) is 6.59. The summed E-state index contributed by atoms with van der Waals surface area (Å²) in [5.74, 6) is 0.0540. The summed E-state index contributed by atoms with van der Waals surface area (Å²) in [5.41, 5.74) is 2.61. The molecule has 1 aromatic rings. The van der Waals surface area contributed by atoms with Crippen molar-refractivity contribution in [2.75, 3.05) is 11.4 Å².